The molecular weight excluding hydrogens is 340 g/mol. The van der Waals surface area contributed by atoms with Gasteiger partial charge in [-0.1, -0.05) is 18.2 Å². The van der Waals surface area contributed by atoms with Gasteiger partial charge in [0.05, 0.1) is 24.6 Å². The van der Waals surface area contributed by atoms with E-state index in [0.29, 0.717) is 11.8 Å². The highest BCUT2D eigenvalue weighted by Gasteiger charge is 2.09. The average molecular weight is 364 g/mol. The molecule has 0 unspecified atom stereocenters. The van der Waals surface area contributed by atoms with E-state index in [4.69, 9.17) is 9.47 Å². The number of benzene rings is 2. The van der Waals surface area contributed by atoms with Gasteiger partial charge in [0.15, 0.2) is 0 Å². The fraction of sp³-hybridized carbons (Fsp3) is 0.238. The predicted octanol–water partition coefficient (Wildman–Crippen LogP) is 5.07. The summed E-state index contributed by atoms with van der Waals surface area (Å²) in [7, 11) is 1.65. The first-order chi connectivity index (χ1) is 13.0. The van der Waals surface area contributed by atoms with Gasteiger partial charge in [0.25, 0.3) is 0 Å². The summed E-state index contributed by atoms with van der Waals surface area (Å²) >= 11 is 0. The van der Waals surface area contributed by atoms with Crippen molar-refractivity contribution in [1.82, 2.24) is 9.97 Å². The van der Waals surface area contributed by atoms with Crippen LogP contribution < -0.4 is 20.1 Å². The number of anilines is 4. The highest BCUT2D eigenvalue weighted by molar-refractivity contribution is 5.67. The lowest BCUT2D eigenvalue weighted by molar-refractivity contribution is 0.244. The molecule has 0 radical (unpaired) electrons. The second kappa shape index (κ2) is 8.40. The summed E-state index contributed by atoms with van der Waals surface area (Å²) in [6.45, 7) is 6.02. The minimum atomic E-state index is 0.0793. The number of nitrogens with zero attached hydrogens (tertiary/aromatic N) is 2. The number of ether oxygens (including phenoxy) is 2. The molecule has 3 aromatic rings. The molecule has 0 spiro atoms. The molecule has 0 saturated heterocycles. The second-order valence-corrected chi connectivity index (χ2v) is 6.38. The van der Waals surface area contributed by atoms with Crippen molar-refractivity contribution >= 4 is 23.1 Å². The van der Waals surface area contributed by atoms with E-state index in [-0.39, 0.29) is 6.10 Å². The van der Waals surface area contributed by atoms with Crippen molar-refractivity contribution in [3.05, 3.63) is 60.3 Å². The molecule has 6 heteroatoms. The summed E-state index contributed by atoms with van der Waals surface area (Å²) in [5.74, 6) is 2.66. The van der Waals surface area contributed by atoms with Crippen LogP contribution in [0.4, 0.5) is 23.1 Å². The fourth-order valence-corrected chi connectivity index (χ4v) is 2.59. The van der Waals surface area contributed by atoms with E-state index in [9.17, 15) is 0 Å². The zero-order chi connectivity index (χ0) is 19.2. The number of methoxy groups -OCH3 is 1. The third kappa shape index (κ3) is 4.88. The van der Waals surface area contributed by atoms with Crippen LogP contribution in [0, 0.1) is 6.92 Å². The van der Waals surface area contributed by atoms with Crippen molar-refractivity contribution in [2.24, 2.45) is 0 Å². The van der Waals surface area contributed by atoms with E-state index in [1.165, 1.54) is 0 Å². The van der Waals surface area contributed by atoms with E-state index in [1.54, 1.807) is 13.3 Å². The third-order valence-electron chi connectivity index (χ3n) is 3.77. The Bertz CT molecular complexity index is 912. The molecular formula is C21H24N4O2. The smallest absolute Gasteiger partial charge is 0.229 e. The van der Waals surface area contributed by atoms with Crippen molar-refractivity contribution < 1.29 is 9.47 Å². The van der Waals surface area contributed by atoms with Crippen molar-refractivity contribution in [3.8, 4) is 11.5 Å². The molecule has 0 aliphatic carbocycles. The third-order valence-corrected chi connectivity index (χ3v) is 3.77. The number of aryl methyl sites for hydroxylation is 1. The van der Waals surface area contributed by atoms with Gasteiger partial charge in [-0.2, -0.15) is 4.98 Å². The van der Waals surface area contributed by atoms with Crippen LogP contribution in [-0.4, -0.2) is 23.2 Å². The normalized spacial score (nSPS) is 10.6. The number of nitrogens with one attached hydrogen (secondary N) is 2. The molecule has 2 N–H and O–H groups in total. The van der Waals surface area contributed by atoms with Gasteiger partial charge >= 0.3 is 0 Å². The van der Waals surface area contributed by atoms with Crippen molar-refractivity contribution in [2.45, 2.75) is 26.9 Å². The quantitative estimate of drug-likeness (QED) is 0.610. The highest BCUT2D eigenvalue weighted by Crippen LogP contribution is 2.29. The van der Waals surface area contributed by atoms with E-state index in [1.807, 2.05) is 69.3 Å². The molecule has 0 aliphatic heterocycles. The lowest BCUT2D eigenvalue weighted by atomic mass is 10.2. The lowest BCUT2D eigenvalue weighted by Gasteiger charge is -2.15. The van der Waals surface area contributed by atoms with E-state index in [0.717, 1.165) is 28.4 Å². The van der Waals surface area contributed by atoms with Crippen LogP contribution in [0.1, 0.15) is 19.4 Å². The monoisotopic (exact) mass is 364 g/mol. The van der Waals surface area contributed by atoms with Gasteiger partial charge in [0, 0.05) is 6.20 Å². The molecule has 1 aromatic heterocycles. The Morgan fingerprint density at radius 1 is 0.926 bits per heavy atom. The Morgan fingerprint density at radius 2 is 1.74 bits per heavy atom. The molecule has 0 bridgehead atoms. The molecule has 27 heavy (non-hydrogen) atoms. The Balaban J connectivity index is 1.82. The maximum Gasteiger partial charge on any atom is 0.229 e. The summed E-state index contributed by atoms with van der Waals surface area (Å²) in [4.78, 5) is 8.85. The largest absolute Gasteiger partial charge is 0.495 e. The molecule has 140 valence electrons. The van der Waals surface area contributed by atoms with Crippen LogP contribution in [-0.2, 0) is 0 Å². The summed E-state index contributed by atoms with van der Waals surface area (Å²) in [5, 5.41) is 6.52. The van der Waals surface area contributed by atoms with Gasteiger partial charge in [-0.3, -0.25) is 0 Å². The van der Waals surface area contributed by atoms with Crippen molar-refractivity contribution in [2.75, 3.05) is 17.7 Å². The Morgan fingerprint density at radius 3 is 2.52 bits per heavy atom. The van der Waals surface area contributed by atoms with Crippen molar-refractivity contribution in [3.63, 3.8) is 0 Å². The topological polar surface area (TPSA) is 68.3 Å². The van der Waals surface area contributed by atoms with Crippen LogP contribution in [0.3, 0.4) is 0 Å². The van der Waals surface area contributed by atoms with Crippen LogP contribution in [0.2, 0.25) is 0 Å². The summed E-state index contributed by atoms with van der Waals surface area (Å²) in [6.07, 6.45) is 1.78. The first kappa shape index (κ1) is 18.5. The Labute approximate surface area is 159 Å². The SMILES string of the molecule is COc1ccc(C)cc1Nc1ccnc(Nc2ccccc2OC(C)C)n1. The fourth-order valence-electron chi connectivity index (χ4n) is 2.59. The van der Waals surface area contributed by atoms with Gasteiger partial charge in [-0.05, 0) is 56.7 Å². The highest BCUT2D eigenvalue weighted by atomic mass is 16.5. The van der Waals surface area contributed by atoms with E-state index >= 15 is 0 Å². The Hall–Kier alpha value is -3.28. The standard InChI is InChI=1S/C21H24N4O2/c1-14(2)27-19-8-6-5-7-16(19)24-21-22-12-11-20(25-21)23-17-13-15(3)9-10-18(17)26-4/h5-14H,1-4H3,(H2,22,23,24,25). The van der Waals surface area contributed by atoms with Crippen molar-refractivity contribution in [1.29, 1.82) is 0 Å². The summed E-state index contributed by atoms with van der Waals surface area (Å²) in [5.41, 5.74) is 2.80. The van der Waals surface area contributed by atoms with Gasteiger partial charge in [-0.25, -0.2) is 4.98 Å². The molecule has 1 heterocycles. The molecule has 0 fully saturated rings. The second-order valence-electron chi connectivity index (χ2n) is 6.38. The number of hydrogen-bond acceptors (Lipinski definition) is 6. The van der Waals surface area contributed by atoms with Gasteiger partial charge in [-0.15, -0.1) is 0 Å². The minimum absolute atomic E-state index is 0.0793. The van der Waals surface area contributed by atoms with Gasteiger partial charge < -0.3 is 20.1 Å². The first-order valence-corrected chi connectivity index (χ1v) is 8.82. The van der Waals surface area contributed by atoms with Crippen LogP contribution in [0.5, 0.6) is 11.5 Å². The lowest BCUT2D eigenvalue weighted by Crippen LogP contribution is -2.08. The van der Waals surface area contributed by atoms with E-state index in [2.05, 4.69) is 20.6 Å². The Kier molecular flexibility index (Phi) is 5.76. The molecule has 0 aliphatic rings. The summed E-state index contributed by atoms with van der Waals surface area (Å²) in [6, 6.07) is 15.5. The maximum atomic E-state index is 5.84. The zero-order valence-electron chi connectivity index (χ0n) is 16.0. The molecule has 0 atom stereocenters. The van der Waals surface area contributed by atoms with Crippen LogP contribution >= 0.6 is 0 Å². The van der Waals surface area contributed by atoms with Gasteiger partial charge in [0.1, 0.15) is 17.3 Å². The molecule has 0 amide bonds. The number of para-hydroxylation sites is 2. The first-order valence-electron chi connectivity index (χ1n) is 8.82. The molecule has 0 saturated carbocycles. The van der Waals surface area contributed by atoms with E-state index < -0.39 is 0 Å². The number of aromatic nitrogens is 2. The van der Waals surface area contributed by atoms with Gasteiger partial charge in [0.2, 0.25) is 5.95 Å². The van der Waals surface area contributed by atoms with Crippen LogP contribution in [0.15, 0.2) is 54.7 Å². The molecule has 2 aromatic carbocycles. The average Bonchev–Trinajstić information content (AvgIpc) is 2.63. The maximum absolute atomic E-state index is 5.84. The summed E-state index contributed by atoms with van der Waals surface area (Å²) < 4.78 is 11.2. The molecule has 6 nitrogen and oxygen atoms in total. The number of rotatable bonds is 7. The van der Waals surface area contributed by atoms with Crippen LogP contribution in [0.25, 0.3) is 0 Å². The zero-order valence-corrected chi connectivity index (χ0v) is 16.0. The predicted molar refractivity (Wildman–Crippen MR) is 109 cm³/mol. The minimum Gasteiger partial charge on any atom is -0.495 e. The number of hydrogen-bond donors (Lipinski definition) is 2. The molecule has 3 rings (SSSR count).